The predicted octanol–water partition coefficient (Wildman–Crippen LogP) is 3.01. The number of allylic oxidation sites excluding steroid dienone is 7. The molecule has 0 saturated heterocycles. The van der Waals surface area contributed by atoms with E-state index < -0.39 is 0 Å². The normalized spacial score (nSPS) is 17.3. The van der Waals surface area contributed by atoms with Gasteiger partial charge in [-0.15, -0.1) is 0 Å². The van der Waals surface area contributed by atoms with Crippen molar-refractivity contribution >= 4 is 0 Å². The Balaban J connectivity index is 2.78. The van der Waals surface area contributed by atoms with Gasteiger partial charge in [0, 0.05) is 0 Å². The van der Waals surface area contributed by atoms with Crippen LogP contribution in [-0.4, -0.2) is 0 Å². The molecule has 0 heteroatoms. The predicted molar refractivity (Wildman–Crippen MR) is 45.8 cm³/mol. The maximum atomic E-state index is 3.71. The average molecular weight is 132 g/mol. The van der Waals surface area contributed by atoms with Gasteiger partial charge in [-0.2, -0.15) is 0 Å². The molecule has 0 radical (unpaired) electrons. The Labute approximate surface area is 62.3 Å². The first-order valence-electron chi connectivity index (χ1n) is 3.50. The van der Waals surface area contributed by atoms with Gasteiger partial charge in [-0.3, -0.25) is 0 Å². The van der Waals surface area contributed by atoms with Gasteiger partial charge in [0.1, 0.15) is 0 Å². The van der Waals surface area contributed by atoms with E-state index in [0.29, 0.717) is 0 Å². The molecule has 0 bridgehead atoms. The Hall–Kier alpha value is -1.04. The SMILES string of the molecule is C=CC1=CCC=C(C)C=C1. The number of rotatable bonds is 1. The first kappa shape index (κ1) is 7.07. The maximum Gasteiger partial charge on any atom is -0.0154 e. The van der Waals surface area contributed by atoms with Gasteiger partial charge < -0.3 is 0 Å². The molecule has 1 rings (SSSR count). The molecule has 0 aromatic carbocycles. The van der Waals surface area contributed by atoms with Crippen LogP contribution in [0.1, 0.15) is 13.3 Å². The number of hydrogen-bond acceptors (Lipinski definition) is 0. The lowest BCUT2D eigenvalue weighted by atomic mass is 10.2. The fraction of sp³-hybridized carbons (Fsp3) is 0.200. The maximum absolute atomic E-state index is 3.71. The smallest absolute Gasteiger partial charge is 0.0154 e. The van der Waals surface area contributed by atoms with Crippen molar-refractivity contribution in [3.05, 3.63) is 48.1 Å². The molecule has 0 atom stereocenters. The lowest BCUT2D eigenvalue weighted by molar-refractivity contribution is 1.34. The number of hydrogen-bond donors (Lipinski definition) is 0. The zero-order chi connectivity index (χ0) is 7.40. The third kappa shape index (κ3) is 1.73. The van der Waals surface area contributed by atoms with E-state index in [1.807, 2.05) is 6.08 Å². The van der Waals surface area contributed by atoms with E-state index in [4.69, 9.17) is 0 Å². The molecule has 0 nitrogen and oxygen atoms in total. The second-order valence-electron chi connectivity index (χ2n) is 2.43. The van der Waals surface area contributed by atoms with Crippen LogP contribution in [0.4, 0.5) is 0 Å². The highest BCUT2D eigenvalue weighted by Crippen LogP contribution is 2.09. The van der Waals surface area contributed by atoms with E-state index in [9.17, 15) is 0 Å². The monoisotopic (exact) mass is 132 g/mol. The van der Waals surface area contributed by atoms with Crippen molar-refractivity contribution in [2.24, 2.45) is 0 Å². The van der Waals surface area contributed by atoms with E-state index in [2.05, 4.69) is 37.8 Å². The molecular formula is C10H12. The zero-order valence-electron chi connectivity index (χ0n) is 6.30. The average Bonchev–Trinajstić information content (AvgIpc) is 2.14. The van der Waals surface area contributed by atoms with E-state index >= 15 is 0 Å². The Morgan fingerprint density at radius 2 is 2.20 bits per heavy atom. The highest BCUT2D eigenvalue weighted by molar-refractivity contribution is 5.36. The van der Waals surface area contributed by atoms with Crippen molar-refractivity contribution < 1.29 is 0 Å². The molecule has 0 spiro atoms. The summed E-state index contributed by atoms with van der Waals surface area (Å²) in [6, 6.07) is 0. The van der Waals surface area contributed by atoms with Crippen molar-refractivity contribution in [3.8, 4) is 0 Å². The van der Waals surface area contributed by atoms with Crippen LogP contribution in [0.15, 0.2) is 48.1 Å². The molecule has 0 saturated carbocycles. The lowest BCUT2D eigenvalue weighted by Gasteiger charge is -1.86. The molecule has 0 unspecified atom stereocenters. The van der Waals surface area contributed by atoms with Gasteiger partial charge in [0.2, 0.25) is 0 Å². The van der Waals surface area contributed by atoms with Gasteiger partial charge in [-0.1, -0.05) is 42.5 Å². The lowest BCUT2D eigenvalue weighted by Crippen LogP contribution is -1.65. The minimum Gasteiger partial charge on any atom is -0.0985 e. The van der Waals surface area contributed by atoms with Crippen LogP contribution in [0.2, 0.25) is 0 Å². The van der Waals surface area contributed by atoms with Crippen molar-refractivity contribution in [2.45, 2.75) is 13.3 Å². The van der Waals surface area contributed by atoms with E-state index in [1.165, 1.54) is 11.1 Å². The molecule has 0 N–H and O–H groups in total. The van der Waals surface area contributed by atoms with Crippen LogP contribution in [0.5, 0.6) is 0 Å². The van der Waals surface area contributed by atoms with Crippen LogP contribution < -0.4 is 0 Å². The van der Waals surface area contributed by atoms with Crippen LogP contribution in [0.25, 0.3) is 0 Å². The fourth-order valence-electron chi connectivity index (χ4n) is 0.896. The van der Waals surface area contributed by atoms with Gasteiger partial charge in [0.25, 0.3) is 0 Å². The highest BCUT2D eigenvalue weighted by Gasteiger charge is 1.89. The standard InChI is InChI=1S/C10H12/c1-3-10-6-4-5-9(2)7-8-10/h3,5-8H,1,4H2,2H3. The molecule has 0 aromatic heterocycles. The highest BCUT2D eigenvalue weighted by atomic mass is 13.9. The Morgan fingerprint density at radius 3 is 2.90 bits per heavy atom. The summed E-state index contributed by atoms with van der Waals surface area (Å²) >= 11 is 0. The molecule has 10 heavy (non-hydrogen) atoms. The van der Waals surface area contributed by atoms with Crippen LogP contribution in [0.3, 0.4) is 0 Å². The quantitative estimate of drug-likeness (QED) is 0.514. The summed E-state index contributed by atoms with van der Waals surface area (Å²) in [6.07, 6.45) is 11.5. The van der Waals surface area contributed by atoms with E-state index in [0.717, 1.165) is 6.42 Å². The molecular weight excluding hydrogens is 120 g/mol. The van der Waals surface area contributed by atoms with Gasteiger partial charge in [-0.05, 0) is 18.9 Å². The van der Waals surface area contributed by atoms with Crippen molar-refractivity contribution in [1.29, 1.82) is 0 Å². The Kier molecular flexibility index (Phi) is 2.27. The third-order valence-corrected chi connectivity index (χ3v) is 1.57. The molecule has 1 aliphatic carbocycles. The molecule has 52 valence electrons. The Morgan fingerprint density at radius 1 is 1.40 bits per heavy atom. The van der Waals surface area contributed by atoms with Crippen molar-refractivity contribution in [1.82, 2.24) is 0 Å². The topological polar surface area (TPSA) is 0 Å². The summed E-state index contributed by atoms with van der Waals surface area (Å²) in [5.74, 6) is 0. The van der Waals surface area contributed by atoms with Gasteiger partial charge >= 0.3 is 0 Å². The second-order valence-corrected chi connectivity index (χ2v) is 2.43. The van der Waals surface area contributed by atoms with E-state index in [1.54, 1.807) is 0 Å². The largest absolute Gasteiger partial charge is 0.0985 e. The molecule has 0 amide bonds. The zero-order valence-corrected chi connectivity index (χ0v) is 6.30. The summed E-state index contributed by atoms with van der Waals surface area (Å²) < 4.78 is 0. The molecule has 0 aliphatic heterocycles. The van der Waals surface area contributed by atoms with E-state index in [-0.39, 0.29) is 0 Å². The molecule has 0 fully saturated rings. The second kappa shape index (κ2) is 3.21. The van der Waals surface area contributed by atoms with Gasteiger partial charge in [0.15, 0.2) is 0 Å². The minimum absolute atomic E-state index is 1.03. The van der Waals surface area contributed by atoms with Gasteiger partial charge in [-0.25, -0.2) is 0 Å². The Bertz CT molecular complexity index is 214. The van der Waals surface area contributed by atoms with Crippen molar-refractivity contribution in [3.63, 3.8) is 0 Å². The van der Waals surface area contributed by atoms with Crippen LogP contribution in [-0.2, 0) is 0 Å². The summed E-state index contributed by atoms with van der Waals surface area (Å²) in [5, 5.41) is 0. The third-order valence-electron chi connectivity index (χ3n) is 1.57. The minimum atomic E-state index is 1.03. The summed E-state index contributed by atoms with van der Waals surface area (Å²) in [6.45, 7) is 5.82. The molecule has 1 aliphatic rings. The summed E-state index contributed by atoms with van der Waals surface area (Å²) in [7, 11) is 0. The summed E-state index contributed by atoms with van der Waals surface area (Å²) in [4.78, 5) is 0. The first-order chi connectivity index (χ1) is 4.83. The van der Waals surface area contributed by atoms with Crippen LogP contribution >= 0.6 is 0 Å². The molecule has 0 heterocycles. The van der Waals surface area contributed by atoms with Crippen molar-refractivity contribution in [2.75, 3.05) is 0 Å². The van der Waals surface area contributed by atoms with Gasteiger partial charge in [0.05, 0.1) is 0 Å². The molecule has 0 aromatic rings. The van der Waals surface area contributed by atoms with Crippen LogP contribution in [0, 0.1) is 0 Å². The first-order valence-corrected chi connectivity index (χ1v) is 3.50. The summed E-state index contributed by atoms with van der Waals surface area (Å²) in [5.41, 5.74) is 2.54. The fourth-order valence-corrected chi connectivity index (χ4v) is 0.896.